The minimum atomic E-state index is -0.246. The molecule has 1 N–H and O–H groups in total. The maximum atomic E-state index is 12.2. The fourth-order valence-corrected chi connectivity index (χ4v) is 2.77. The molecule has 1 aromatic carbocycles. The molecule has 0 aliphatic rings. The maximum Gasteiger partial charge on any atom is 0.350 e. The van der Waals surface area contributed by atoms with Gasteiger partial charge in [-0.15, -0.1) is 5.10 Å². The van der Waals surface area contributed by atoms with Gasteiger partial charge in [0.05, 0.1) is 18.4 Å². The number of para-hydroxylation sites is 1. The first kappa shape index (κ1) is 17.5. The molecular formula is C20H18N6O2. The third kappa shape index (κ3) is 3.75. The first-order chi connectivity index (χ1) is 13.7. The van der Waals surface area contributed by atoms with Crippen molar-refractivity contribution in [2.24, 2.45) is 0 Å². The molecule has 0 atom stereocenters. The molecule has 0 saturated carbocycles. The summed E-state index contributed by atoms with van der Waals surface area (Å²) in [6.45, 7) is 0.599. The molecular weight excluding hydrogens is 356 g/mol. The van der Waals surface area contributed by atoms with Gasteiger partial charge in [0, 0.05) is 30.6 Å². The van der Waals surface area contributed by atoms with Gasteiger partial charge in [0.15, 0.2) is 5.65 Å². The Labute approximate surface area is 160 Å². The van der Waals surface area contributed by atoms with E-state index in [-0.39, 0.29) is 11.6 Å². The van der Waals surface area contributed by atoms with Crippen LogP contribution in [0.1, 0.15) is 5.56 Å². The van der Waals surface area contributed by atoms with Gasteiger partial charge in [-0.25, -0.2) is 14.2 Å². The van der Waals surface area contributed by atoms with Gasteiger partial charge in [0.2, 0.25) is 5.91 Å². The summed E-state index contributed by atoms with van der Waals surface area (Å²) in [5, 5.41) is 11.3. The van der Waals surface area contributed by atoms with Crippen molar-refractivity contribution in [3.05, 3.63) is 89.2 Å². The van der Waals surface area contributed by atoms with Crippen LogP contribution >= 0.6 is 0 Å². The van der Waals surface area contributed by atoms with E-state index in [0.29, 0.717) is 18.7 Å². The molecule has 0 unspecified atom stereocenters. The Morgan fingerprint density at radius 1 is 1.11 bits per heavy atom. The third-order valence-corrected chi connectivity index (χ3v) is 4.16. The number of fused-ring (bicyclic) bond motifs is 1. The molecule has 1 amide bonds. The number of amides is 1. The van der Waals surface area contributed by atoms with Crippen molar-refractivity contribution in [3.63, 3.8) is 0 Å². The summed E-state index contributed by atoms with van der Waals surface area (Å²) in [6.07, 6.45) is 8.33. The van der Waals surface area contributed by atoms with E-state index in [4.69, 9.17) is 0 Å². The zero-order chi connectivity index (χ0) is 19.3. The molecule has 28 heavy (non-hydrogen) atoms. The van der Waals surface area contributed by atoms with Crippen LogP contribution in [0.3, 0.4) is 0 Å². The Morgan fingerprint density at radius 3 is 2.75 bits per heavy atom. The highest BCUT2D eigenvalue weighted by atomic mass is 16.2. The van der Waals surface area contributed by atoms with Crippen molar-refractivity contribution in [1.82, 2.24) is 29.3 Å². The second-order valence-electron chi connectivity index (χ2n) is 6.11. The summed E-state index contributed by atoms with van der Waals surface area (Å²) in [6, 6.07) is 15.1. The first-order valence-electron chi connectivity index (χ1n) is 8.81. The zero-order valence-corrected chi connectivity index (χ0v) is 15.0. The molecule has 140 valence electrons. The number of hydrogen-bond acceptors (Lipinski definition) is 4. The van der Waals surface area contributed by atoms with Crippen LogP contribution in [-0.4, -0.2) is 36.4 Å². The quantitative estimate of drug-likeness (QED) is 0.519. The van der Waals surface area contributed by atoms with E-state index >= 15 is 0 Å². The number of nitrogens with zero attached hydrogens (tertiary/aromatic N) is 5. The Morgan fingerprint density at radius 2 is 1.93 bits per heavy atom. The van der Waals surface area contributed by atoms with E-state index in [1.54, 1.807) is 35.3 Å². The van der Waals surface area contributed by atoms with Crippen LogP contribution in [0.25, 0.3) is 17.4 Å². The zero-order valence-electron chi connectivity index (χ0n) is 15.0. The van der Waals surface area contributed by atoms with E-state index < -0.39 is 0 Å². The Kier molecular flexibility index (Phi) is 4.83. The molecule has 0 saturated heterocycles. The lowest BCUT2D eigenvalue weighted by Crippen LogP contribution is -2.30. The predicted octanol–water partition coefficient (Wildman–Crippen LogP) is 1.51. The molecule has 4 rings (SSSR count). The summed E-state index contributed by atoms with van der Waals surface area (Å²) in [5.74, 6) is -0.246. The number of benzene rings is 1. The lowest BCUT2D eigenvalue weighted by molar-refractivity contribution is -0.116. The average molecular weight is 374 g/mol. The Bertz CT molecular complexity index is 1190. The van der Waals surface area contributed by atoms with Gasteiger partial charge in [0.25, 0.3) is 0 Å². The molecule has 3 heterocycles. The monoisotopic (exact) mass is 374 g/mol. The molecule has 8 nitrogen and oxygen atoms in total. The Hall–Kier alpha value is -3.94. The number of hydrogen-bond donors (Lipinski definition) is 1. The minimum absolute atomic E-state index is 0.228. The van der Waals surface area contributed by atoms with Crippen LogP contribution in [0.5, 0.6) is 0 Å². The van der Waals surface area contributed by atoms with Crippen LogP contribution < -0.4 is 11.0 Å². The van der Waals surface area contributed by atoms with Crippen LogP contribution in [0.2, 0.25) is 0 Å². The van der Waals surface area contributed by atoms with Crippen molar-refractivity contribution in [2.75, 3.05) is 6.54 Å². The second-order valence-corrected chi connectivity index (χ2v) is 6.11. The number of nitrogens with one attached hydrogen (secondary N) is 1. The van der Waals surface area contributed by atoms with Crippen LogP contribution in [0.4, 0.5) is 0 Å². The van der Waals surface area contributed by atoms with Crippen molar-refractivity contribution in [2.45, 2.75) is 6.54 Å². The molecule has 3 aromatic heterocycles. The van der Waals surface area contributed by atoms with Crippen LogP contribution in [0, 0.1) is 0 Å². The SMILES string of the molecule is O=C(/C=C\c1cnn(-c2ccccc2)c1)NCCn1nc2ccccn2c1=O. The molecule has 0 aliphatic carbocycles. The maximum absolute atomic E-state index is 12.2. The summed E-state index contributed by atoms with van der Waals surface area (Å²) >= 11 is 0. The van der Waals surface area contributed by atoms with E-state index in [2.05, 4.69) is 15.5 Å². The normalized spacial score (nSPS) is 11.3. The lowest BCUT2D eigenvalue weighted by Gasteiger charge is -2.01. The van der Waals surface area contributed by atoms with Gasteiger partial charge in [-0.3, -0.25) is 9.20 Å². The van der Waals surface area contributed by atoms with E-state index in [9.17, 15) is 9.59 Å². The standard InChI is InChI=1S/C20H18N6O2/c27-19(10-9-16-14-22-26(15-16)17-6-2-1-3-7-17)21-11-13-25-20(28)24-12-5-4-8-18(24)23-25/h1-10,12,14-15H,11,13H2,(H,21,27)/b10-9-. The van der Waals surface area contributed by atoms with E-state index in [1.807, 2.05) is 42.6 Å². The molecule has 0 spiro atoms. The Balaban J connectivity index is 1.32. The molecule has 0 radical (unpaired) electrons. The van der Waals surface area contributed by atoms with Gasteiger partial charge in [-0.2, -0.15) is 5.10 Å². The highest BCUT2D eigenvalue weighted by molar-refractivity contribution is 5.91. The van der Waals surface area contributed by atoms with Gasteiger partial charge in [-0.05, 0) is 30.3 Å². The summed E-state index contributed by atoms with van der Waals surface area (Å²) in [7, 11) is 0. The highest BCUT2D eigenvalue weighted by Gasteiger charge is 2.05. The first-order valence-corrected chi connectivity index (χ1v) is 8.81. The second kappa shape index (κ2) is 7.75. The average Bonchev–Trinajstić information content (AvgIpc) is 3.33. The van der Waals surface area contributed by atoms with Crippen molar-refractivity contribution < 1.29 is 4.79 Å². The largest absolute Gasteiger partial charge is 0.351 e. The third-order valence-electron chi connectivity index (χ3n) is 4.16. The van der Waals surface area contributed by atoms with Gasteiger partial charge in [-0.1, -0.05) is 24.3 Å². The van der Waals surface area contributed by atoms with Crippen molar-refractivity contribution in [3.8, 4) is 5.69 Å². The predicted molar refractivity (Wildman–Crippen MR) is 105 cm³/mol. The van der Waals surface area contributed by atoms with Crippen LogP contribution in [0.15, 0.2) is 78.0 Å². The summed E-state index contributed by atoms with van der Waals surface area (Å²) < 4.78 is 4.54. The van der Waals surface area contributed by atoms with Gasteiger partial charge < -0.3 is 5.32 Å². The van der Waals surface area contributed by atoms with Crippen molar-refractivity contribution >= 4 is 17.6 Å². The lowest BCUT2D eigenvalue weighted by atomic mass is 10.3. The molecule has 0 bridgehead atoms. The number of aromatic nitrogens is 5. The fourth-order valence-electron chi connectivity index (χ4n) is 2.77. The minimum Gasteiger partial charge on any atom is -0.351 e. The smallest absolute Gasteiger partial charge is 0.350 e. The topological polar surface area (TPSA) is 86.2 Å². The number of pyridine rings is 1. The number of carbonyl (C=O) groups excluding carboxylic acids is 1. The number of carbonyl (C=O) groups is 1. The van der Waals surface area contributed by atoms with E-state index in [0.717, 1.165) is 11.3 Å². The van der Waals surface area contributed by atoms with Gasteiger partial charge >= 0.3 is 5.69 Å². The van der Waals surface area contributed by atoms with Crippen molar-refractivity contribution in [1.29, 1.82) is 0 Å². The summed E-state index contributed by atoms with van der Waals surface area (Å²) in [4.78, 5) is 24.2. The highest BCUT2D eigenvalue weighted by Crippen LogP contribution is 2.08. The van der Waals surface area contributed by atoms with E-state index in [1.165, 1.54) is 15.2 Å². The summed E-state index contributed by atoms with van der Waals surface area (Å²) in [5.41, 5.74) is 2.11. The molecule has 0 fully saturated rings. The molecule has 0 aliphatic heterocycles. The van der Waals surface area contributed by atoms with Crippen LogP contribution in [-0.2, 0) is 11.3 Å². The number of rotatable bonds is 6. The molecule has 4 aromatic rings. The van der Waals surface area contributed by atoms with Gasteiger partial charge in [0.1, 0.15) is 0 Å². The fraction of sp³-hybridized carbons (Fsp3) is 0.100. The molecule has 8 heteroatoms.